The number of rotatable bonds is 9. The topological polar surface area (TPSA) is 17.1 Å². The monoisotopic (exact) mass is 198 g/mol. The molecule has 0 aliphatic rings. The molecule has 1 atom stereocenters. The lowest BCUT2D eigenvalue weighted by Gasteiger charge is -2.13. The van der Waals surface area contributed by atoms with Crippen molar-refractivity contribution in [2.75, 3.05) is 0 Å². The zero-order valence-corrected chi connectivity index (χ0v) is 10.1. The third kappa shape index (κ3) is 6.17. The Kier molecular flexibility index (Phi) is 9.02. The molecule has 0 aliphatic heterocycles. The van der Waals surface area contributed by atoms with Crippen molar-refractivity contribution in [1.82, 2.24) is 0 Å². The number of hydrogen-bond donors (Lipinski definition) is 0. The Hall–Kier alpha value is -0.330. The van der Waals surface area contributed by atoms with Crippen molar-refractivity contribution in [2.24, 2.45) is 5.92 Å². The molecule has 0 N–H and O–H groups in total. The average Bonchev–Trinajstić information content (AvgIpc) is 2.22. The Balaban J connectivity index is 3.78. The highest BCUT2D eigenvalue weighted by Crippen LogP contribution is 2.19. The molecular formula is C13H26O. The van der Waals surface area contributed by atoms with Crippen LogP contribution in [0.5, 0.6) is 0 Å². The third-order valence-electron chi connectivity index (χ3n) is 2.87. The van der Waals surface area contributed by atoms with E-state index in [9.17, 15) is 4.79 Å². The van der Waals surface area contributed by atoms with Gasteiger partial charge >= 0.3 is 0 Å². The third-order valence-corrected chi connectivity index (χ3v) is 2.87. The molecule has 1 nitrogen and oxygen atoms in total. The van der Waals surface area contributed by atoms with E-state index in [-0.39, 0.29) is 0 Å². The van der Waals surface area contributed by atoms with Gasteiger partial charge in [0.1, 0.15) is 5.78 Å². The molecule has 0 bridgehead atoms. The van der Waals surface area contributed by atoms with Crippen molar-refractivity contribution in [3.63, 3.8) is 0 Å². The Morgan fingerprint density at radius 2 is 1.50 bits per heavy atom. The van der Waals surface area contributed by atoms with Crippen LogP contribution in [0, 0.1) is 5.92 Å². The number of carbonyl (C=O) groups excluding carboxylic acids is 1. The molecule has 0 spiro atoms. The van der Waals surface area contributed by atoms with Crippen molar-refractivity contribution in [3.05, 3.63) is 0 Å². The minimum absolute atomic E-state index is 0.367. The van der Waals surface area contributed by atoms with Gasteiger partial charge in [0.05, 0.1) is 0 Å². The molecule has 14 heavy (non-hydrogen) atoms. The Morgan fingerprint density at radius 3 is 2.00 bits per heavy atom. The molecule has 0 aliphatic carbocycles. The van der Waals surface area contributed by atoms with Crippen LogP contribution in [0.4, 0.5) is 0 Å². The van der Waals surface area contributed by atoms with E-state index in [1.165, 1.54) is 32.1 Å². The van der Waals surface area contributed by atoms with E-state index in [4.69, 9.17) is 0 Å². The normalized spacial score (nSPS) is 12.8. The zero-order valence-electron chi connectivity index (χ0n) is 10.1. The van der Waals surface area contributed by atoms with Crippen LogP contribution >= 0.6 is 0 Å². The number of carbonyl (C=O) groups is 1. The van der Waals surface area contributed by atoms with Crippen LogP contribution < -0.4 is 0 Å². The molecule has 0 saturated carbocycles. The summed E-state index contributed by atoms with van der Waals surface area (Å²) >= 11 is 0. The van der Waals surface area contributed by atoms with Crippen molar-refractivity contribution in [2.45, 2.75) is 72.1 Å². The van der Waals surface area contributed by atoms with E-state index < -0.39 is 0 Å². The van der Waals surface area contributed by atoms with E-state index in [1.54, 1.807) is 0 Å². The van der Waals surface area contributed by atoms with Crippen molar-refractivity contribution < 1.29 is 4.79 Å². The lowest BCUT2D eigenvalue weighted by molar-refractivity contribution is -0.123. The quantitative estimate of drug-likeness (QED) is 0.503. The molecule has 0 rings (SSSR count). The maximum Gasteiger partial charge on any atom is 0.135 e. The van der Waals surface area contributed by atoms with Gasteiger partial charge in [-0.2, -0.15) is 0 Å². The largest absolute Gasteiger partial charge is 0.299 e. The van der Waals surface area contributed by atoms with Crippen LogP contribution in [0.15, 0.2) is 0 Å². The van der Waals surface area contributed by atoms with Gasteiger partial charge in [-0.05, 0) is 12.8 Å². The molecule has 0 aromatic rings. The predicted molar refractivity (Wildman–Crippen MR) is 62.5 cm³/mol. The Labute approximate surface area is 89.3 Å². The maximum absolute atomic E-state index is 11.6. The average molecular weight is 198 g/mol. The lowest BCUT2D eigenvalue weighted by atomic mass is 9.90. The van der Waals surface area contributed by atoms with Crippen molar-refractivity contribution >= 4 is 5.78 Å². The highest BCUT2D eigenvalue weighted by atomic mass is 16.1. The van der Waals surface area contributed by atoms with Gasteiger partial charge in [0.15, 0.2) is 0 Å². The first-order valence-electron chi connectivity index (χ1n) is 6.28. The van der Waals surface area contributed by atoms with E-state index in [0.29, 0.717) is 11.7 Å². The van der Waals surface area contributed by atoms with E-state index in [2.05, 4.69) is 13.8 Å². The Morgan fingerprint density at radius 1 is 0.929 bits per heavy atom. The van der Waals surface area contributed by atoms with Crippen LogP contribution in [0.3, 0.4) is 0 Å². The highest BCUT2D eigenvalue weighted by Gasteiger charge is 2.14. The second kappa shape index (κ2) is 9.23. The molecule has 1 heteroatoms. The van der Waals surface area contributed by atoms with Gasteiger partial charge in [-0.1, -0.05) is 52.9 Å². The minimum atomic E-state index is 0.367. The first-order valence-corrected chi connectivity index (χ1v) is 6.28. The summed E-state index contributed by atoms with van der Waals surface area (Å²) in [6, 6.07) is 0. The molecule has 0 fully saturated rings. The summed E-state index contributed by atoms with van der Waals surface area (Å²) in [6.07, 6.45) is 9.15. The SMILES string of the molecule is CCCCCC(CCCC)C(=O)CC. The summed E-state index contributed by atoms with van der Waals surface area (Å²) in [5.41, 5.74) is 0. The lowest BCUT2D eigenvalue weighted by Crippen LogP contribution is -2.13. The molecule has 0 heterocycles. The molecule has 1 unspecified atom stereocenters. The smallest absolute Gasteiger partial charge is 0.135 e. The van der Waals surface area contributed by atoms with Gasteiger partial charge in [0.25, 0.3) is 0 Å². The van der Waals surface area contributed by atoms with Crippen LogP contribution in [-0.4, -0.2) is 5.78 Å². The van der Waals surface area contributed by atoms with Gasteiger partial charge in [-0.3, -0.25) is 4.79 Å². The number of hydrogen-bond acceptors (Lipinski definition) is 1. The molecule has 0 radical (unpaired) electrons. The maximum atomic E-state index is 11.6. The summed E-state index contributed by atoms with van der Waals surface area (Å²) < 4.78 is 0. The van der Waals surface area contributed by atoms with Crippen LogP contribution in [0.25, 0.3) is 0 Å². The van der Waals surface area contributed by atoms with Crippen molar-refractivity contribution in [3.8, 4) is 0 Å². The fourth-order valence-electron chi connectivity index (χ4n) is 1.85. The second-order valence-corrected chi connectivity index (χ2v) is 4.15. The number of Topliss-reactive ketones (excluding diaryl/α,β-unsaturated/α-hetero) is 1. The van der Waals surface area contributed by atoms with Crippen LogP contribution in [0.2, 0.25) is 0 Å². The molecular weight excluding hydrogens is 172 g/mol. The van der Waals surface area contributed by atoms with Gasteiger partial charge in [0.2, 0.25) is 0 Å². The van der Waals surface area contributed by atoms with Gasteiger partial charge < -0.3 is 0 Å². The Bertz CT molecular complexity index is 140. The molecule has 84 valence electrons. The van der Waals surface area contributed by atoms with Gasteiger partial charge in [-0.15, -0.1) is 0 Å². The van der Waals surface area contributed by atoms with Crippen LogP contribution in [0.1, 0.15) is 72.1 Å². The summed E-state index contributed by atoms with van der Waals surface area (Å²) in [6.45, 7) is 6.39. The van der Waals surface area contributed by atoms with Crippen molar-refractivity contribution in [1.29, 1.82) is 0 Å². The molecule has 0 amide bonds. The van der Waals surface area contributed by atoms with Crippen LogP contribution in [-0.2, 0) is 4.79 Å². The zero-order chi connectivity index (χ0) is 10.8. The summed E-state index contributed by atoms with van der Waals surface area (Å²) in [5.74, 6) is 0.848. The number of ketones is 1. The fraction of sp³-hybridized carbons (Fsp3) is 0.923. The van der Waals surface area contributed by atoms with Gasteiger partial charge in [0, 0.05) is 12.3 Å². The fourth-order valence-corrected chi connectivity index (χ4v) is 1.85. The van der Waals surface area contributed by atoms with Gasteiger partial charge in [-0.25, -0.2) is 0 Å². The summed E-state index contributed by atoms with van der Waals surface area (Å²) in [4.78, 5) is 11.6. The predicted octanol–water partition coefficient (Wildman–Crippen LogP) is 4.35. The number of unbranched alkanes of at least 4 members (excludes halogenated alkanes) is 3. The molecule has 0 saturated heterocycles. The molecule has 0 aromatic heterocycles. The first-order chi connectivity index (χ1) is 6.76. The minimum Gasteiger partial charge on any atom is -0.299 e. The standard InChI is InChI=1S/C13H26O/c1-4-7-9-11-12(10-8-5-2)13(14)6-3/h12H,4-11H2,1-3H3. The van der Waals surface area contributed by atoms with E-state index in [0.717, 1.165) is 19.3 Å². The van der Waals surface area contributed by atoms with E-state index >= 15 is 0 Å². The highest BCUT2D eigenvalue weighted by molar-refractivity contribution is 5.80. The molecule has 0 aromatic carbocycles. The summed E-state index contributed by atoms with van der Waals surface area (Å²) in [5, 5.41) is 0. The first kappa shape index (κ1) is 13.7. The van der Waals surface area contributed by atoms with E-state index in [1.807, 2.05) is 6.92 Å². The summed E-state index contributed by atoms with van der Waals surface area (Å²) in [7, 11) is 0. The second-order valence-electron chi connectivity index (χ2n) is 4.15.